The van der Waals surface area contributed by atoms with Crippen LogP contribution in [0.2, 0.25) is 0 Å². The molecule has 3 rings (SSSR count). The molecule has 114 valence electrons. The molecule has 0 spiro atoms. The Morgan fingerprint density at radius 2 is 2.24 bits per heavy atom. The van der Waals surface area contributed by atoms with Gasteiger partial charge in [0.25, 0.3) is 0 Å². The van der Waals surface area contributed by atoms with Gasteiger partial charge in [0.2, 0.25) is 11.8 Å². The Balaban J connectivity index is 1.73. The number of amides is 2. The van der Waals surface area contributed by atoms with Gasteiger partial charge in [0.1, 0.15) is 11.8 Å². The zero-order valence-corrected chi connectivity index (χ0v) is 12.7. The van der Waals surface area contributed by atoms with Crippen molar-refractivity contribution in [1.82, 2.24) is 15.4 Å². The number of hydrogen-bond donors (Lipinski definition) is 1. The first-order valence-corrected chi connectivity index (χ1v) is 7.50. The lowest BCUT2D eigenvalue weighted by Crippen LogP contribution is -2.57. The smallest absolute Gasteiger partial charge is 0.242 e. The fourth-order valence-corrected chi connectivity index (χ4v) is 3.72. The Labute approximate surface area is 123 Å². The summed E-state index contributed by atoms with van der Waals surface area (Å²) in [6.07, 6.45) is 2.08. The van der Waals surface area contributed by atoms with Crippen molar-refractivity contribution in [2.75, 3.05) is 6.54 Å². The highest BCUT2D eigenvalue weighted by Gasteiger charge is 2.44. The number of aryl methyl sites for hydroxylation is 2. The number of piperazine rings is 1. The van der Waals surface area contributed by atoms with Gasteiger partial charge in [-0.05, 0) is 32.6 Å². The molecule has 3 unspecified atom stereocenters. The summed E-state index contributed by atoms with van der Waals surface area (Å²) >= 11 is 0. The van der Waals surface area contributed by atoms with Crippen molar-refractivity contribution in [2.24, 2.45) is 0 Å². The van der Waals surface area contributed by atoms with E-state index in [0.717, 1.165) is 29.9 Å². The molecule has 0 radical (unpaired) electrons. The highest BCUT2D eigenvalue weighted by atomic mass is 16.5. The molecule has 21 heavy (non-hydrogen) atoms. The minimum absolute atomic E-state index is 0.0120. The van der Waals surface area contributed by atoms with Crippen LogP contribution in [0, 0.1) is 13.8 Å². The molecule has 2 aliphatic heterocycles. The Hall–Kier alpha value is -1.85. The molecule has 2 bridgehead atoms. The van der Waals surface area contributed by atoms with Gasteiger partial charge in [-0.2, -0.15) is 0 Å². The lowest BCUT2D eigenvalue weighted by molar-refractivity contribution is -0.143. The Morgan fingerprint density at radius 1 is 1.48 bits per heavy atom. The molecule has 1 aromatic heterocycles. The van der Waals surface area contributed by atoms with Gasteiger partial charge in [-0.25, -0.2) is 0 Å². The van der Waals surface area contributed by atoms with Crippen LogP contribution in [0.15, 0.2) is 4.52 Å². The zero-order chi connectivity index (χ0) is 15.1. The standard InChI is InChI=1S/C15H21N3O3/c1-8(14-9(2)17-21-10(14)3)6-13(19)18-11-4-5-12(18)15(20)16-7-11/h8,11-12H,4-7H2,1-3H3,(H,16,20). The molecule has 2 aliphatic rings. The van der Waals surface area contributed by atoms with Crippen molar-refractivity contribution < 1.29 is 14.1 Å². The highest BCUT2D eigenvalue weighted by Crippen LogP contribution is 2.31. The predicted octanol–water partition coefficient (Wildman–Crippen LogP) is 1.27. The fourth-order valence-electron chi connectivity index (χ4n) is 3.72. The molecule has 2 fully saturated rings. The average Bonchev–Trinajstić information content (AvgIpc) is 2.94. The van der Waals surface area contributed by atoms with Crippen LogP contribution >= 0.6 is 0 Å². The number of nitrogens with zero attached hydrogens (tertiary/aromatic N) is 2. The number of rotatable bonds is 3. The van der Waals surface area contributed by atoms with E-state index in [1.165, 1.54) is 0 Å². The molecule has 1 aromatic rings. The van der Waals surface area contributed by atoms with E-state index >= 15 is 0 Å². The molecule has 0 saturated carbocycles. The van der Waals surface area contributed by atoms with Gasteiger partial charge < -0.3 is 14.7 Å². The lowest BCUT2D eigenvalue weighted by atomic mass is 9.95. The van der Waals surface area contributed by atoms with Gasteiger partial charge in [-0.15, -0.1) is 0 Å². The number of hydrogen-bond acceptors (Lipinski definition) is 4. The van der Waals surface area contributed by atoms with E-state index in [-0.39, 0.29) is 29.8 Å². The second-order valence-corrected chi connectivity index (χ2v) is 6.14. The summed E-state index contributed by atoms with van der Waals surface area (Å²) in [5.74, 6) is 0.868. The van der Waals surface area contributed by atoms with Crippen molar-refractivity contribution in [3.8, 4) is 0 Å². The number of carbonyl (C=O) groups excluding carboxylic acids is 2. The first kappa shape index (κ1) is 14.1. The van der Waals surface area contributed by atoms with Gasteiger partial charge in [-0.3, -0.25) is 9.59 Å². The van der Waals surface area contributed by atoms with Crippen molar-refractivity contribution >= 4 is 11.8 Å². The minimum Gasteiger partial charge on any atom is -0.361 e. The summed E-state index contributed by atoms with van der Waals surface area (Å²) in [6.45, 7) is 6.36. The zero-order valence-electron chi connectivity index (χ0n) is 12.7. The summed E-state index contributed by atoms with van der Waals surface area (Å²) in [7, 11) is 0. The van der Waals surface area contributed by atoms with Crippen molar-refractivity contribution in [3.05, 3.63) is 17.0 Å². The summed E-state index contributed by atoms with van der Waals surface area (Å²) in [5, 5.41) is 6.82. The Morgan fingerprint density at radius 3 is 2.90 bits per heavy atom. The van der Waals surface area contributed by atoms with Crippen molar-refractivity contribution in [2.45, 2.75) is 58.0 Å². The van der Waals surface area contributed by atoms with Gasteiger partial charge >= 0.3 is 0 Å². The monoisotopic (exact) mass is 291 g/mol. The van der Waals surface area contributed by atoms with Crippen LogP contribution in [0.4, 0.5) is 0 Å². The fraction of sp³-hybridized carbons (Fsp3) is 0.667. The van der Waals surface area contributed by atoms with Crippen LogP contribution < -0.4 is 5.32 Å². The maximum atomic E-state index is 12.6. The molecule has 0 aromatic carbocycles. The second-order valence-electron chi connectivity index (χ2n) is 6.14. The van der Waals surface area contributed by atoms with E-state index in [0.29, 0.717) is 13.0 Å². The van der Waals surface area contributed by atoms with Crippen LogP contribution in [0.1, 0.15) is 49.1 Å². The van der Waals surface area contributed by atoms with Crippen LogP contribution in [-0.2, 0) is 9.59 Å². The first-order chi connectivity index (χ1) is 9.99. The number of fused-ring (bicyclic) bond motifs is 2. The molecule has 3 heterocycles. The van der Waals surface area contributed by atoms with Crippen LogP contribution in [-0.4, -0.2) is 40.5 Å². The summed E-state index contributed by atoms with van der Waals surface area (Å²) in [5.41, 5.74) is 1.85. The third-order valence-corrected chi connectivity index (χ3v) is 4.67. The molecule has 1 N–H and O–H groups in total. The molecule has 2 saturated heterocycles. The SMILES string of the molecule is Cc1noc(C)c1C(C)CC(=O)N1C2CCC1C(=O)NC2. The quantitative estimate of drug-likeness (QED) is 0.910. The van der Waals surface area contributed by atoms with E-state index in [1.54, 1.807) is 4.90 Å². The van der Waals surface area contributed by atoms with Crippen molar-refractivity contribution in [3.63, 3.8) is 0 Å². The Kier molecular flexibility index (Phi) is 3.47. The number of nitrogens with one attached hydrogen (secondary N) is 1. The van der Waals surface area contributed by atoms with E-state index in [4.69, 9.17) is 4.52 Å². The molecule has 3 atom stereocenters. The molecule has 6 nitrogen and oxygen atoms in total. The first-order valence-electron chi connectivity index (χ1n) is 7.50. The van der Waals surface area contributed by atoms with Gasteiger partial charge in [0.05, 0.1) is 5.69 Å². The lowest BCUT2D eigenvalue weighted by Gasteiger charge is -2.35. The predicted molar refractivity (Wildman–Crippen MR) is 75.7 cm³/mol. The van der Waals surface area contributed by atoms with Crippen LogP contribution in [0.3, 0.4) is 0 Å². The number of aromatic nitrogens is 1. The van der Waals surface area contributed by atoms with Crippen LogP contribution in [0.25, 0.3) is 0 Å². The molecule has 6 heteroatoms. The van der Waals surface area contributed by atoms with Gasteiger partial charge in [0, 0.05) is 24.6 Å². The second kappa shape index (κ2) is 5.16. The third kappa shape index (κ3) is 2.32. The molecule has 2 amide bonds. The third-order valence-electron chi connectivity index (χ3n) is 4.67. The van der Waals surface area contributed by atoms with Crippen LogP contribution in [0.5, 0.6) is 0 Å². The maximum Gasteiger partial charge on any atom is 0.242 e. The van der Waals surface area contributed by atoms with Crippen molar-refractivity contribution in [1.29, 1.82) is 0 Å². The maximum absolute atomic E-state index is 12.6. The highest BCUT2D eigenvalue weighted by molar-refractivity contribution is 5.90. The molecular formula is C15H21N3O3. The minimum atomic E-state index is -0.270. The van der Waals surface area contributed by atoms with Gasteiger partial charge in [0.15, 0.2) is 0 Å². The Bertz CT molecular complexity index is 561. The largest absolute Gasteiger partial charge is 0.361 e. The molecule has 0 aliphatic carbocycles. The van der Waals surface area contributed by atoms with Gasteiger partial charge in [-0.1, -0.05) is 12.1 Å². The number of carbonyl (C=O) groups is 2. The summed E-state index contributed by atoms with van der Waals surface area (Å²) in [6, 6.07) is -0.106. The normalized spacial score (nSPS) is 25.9. The summed E-state index contributed by atoms with van der Waals surface area (Å²) < 4.78 is 5.18. The average molecular weight is 291 g/mol. The molecular weight excluding hydrogens is 270 g/mol. The van der Waals surface area contributed by atoms with E-state index < -0.39 is 0 Å². The van der Waals surface area contributed by atoms with E-state index in [1.807, 2.05) is 20.8 Å². The summed E-state index contributed by atoms with van der Waals surface area (Å²) in [4.78, 5) is 26.3. The van der Waals surface area contributed by atoms with E-state index in [2.05, 4.69) is 10.5 Å². The van der Waals surface area contributed by atoms with E-state index in [9.17, 15) is 9.59 Å². The topological polar surface area (TPSA) is 75.4 Å².